The van der Waals surface area contributed by atoms with Gasteiger partial charge in [0.05, 0.1) is 5.52 Å². The Morgan fingerprint density at radius 3 is 2.96 bits per heavy atom. The van der Waals surface area contributed by atoms with Gasteiger partial charge in [-0.3, -0.25) is 4.79 Å². The van der Waals surface area contributed by atoms with Crippen molar-refractivity contribution < 1.29 is 4.79 Å². The lowest BCUT2D eigenvalue weighted by molar-refractivity contribution is -0.111. The van der Waals surface area contributed by atoms with Gasteiger partial charge in [0.2, 0.25) is 5.91 Å². The van der Waals surface area contributed by atoms with E-state index in [1.807, 2.05) is 30.3 Å². The van der Waals surface area contributed by atoms with Crippen LogP contribution >= 0.6 is 0 Å². The minimum absolute atomic E-state index is 0.166. The van der Waals surface area contributed by atoms with E-state index in [0.29, 0.717) is 5.69 Å². The molecule has 4 rings (SSSR count). The fraction of sp³-hybridized carbons (Fsp3) is 0.136. The van der Waals surface area contributed by atoms with E-state index in [2.05, 4.69) is 32.2 Å². The summed E-state index contributed by atoms with van der Waals surface area (Å²) in [5.74, 6) is 3.34. The number of carbonyl (C=O) groups is 1. The number of allylic oxidation sites excluding steroid dienone is 1. The summed E-state index contributed by atoms with van der Waals surface area (Å²) in [6.07, 6.45) is 11.3. The average molecular weight is 354 g/mol. The molecule has 1 aliphatic rings. The van der Waals surface area contributed by atoms with Gasteiger partial charge in [-0.2, -0.15) is 0 Å². The number of fused-ring (bicyclic) bond motifs is 2. The van der Waals surface area contributed by atoms with E-state index in [9.17, 15) is 4.79 Å². The summed E-state index contributed by atoms with van der Waals surface area (Å²) < 4.78 is 0. The molecule has 0 atom stereocenters. The molecule has 0 bridgehead atoms. The van der Waals surface area contributed by atoms with Crippen LogP contribution in [0.5, 0.6) is 0 Å². The van der Waals surface area contributed by atoms with Gasteiger partial charge in [-0.25, -0.2) is 9.97 Å². The monoisotopic (exact) mass is 354 g/mol. The Labute approximate surface area is 157 Å². The van der Waals surface area contributed by atoms with Crippen molar-refractivity contribution >= 4 is 34.0 Å². The van der Waals surface area contributed by atoms with E-state index >= 15 is 0 Å². The predicted octanol–water partition coefficient (Wildman–Crippen LogP) is 3.82. The highest BCUT2D eigenvalue weighted by Gasteiger charge is 2.23. The van der Waals surface area contributed by atoms with Crippen molar-refractivity contribution in [3.63, 3.8) is 0 Å². The topological polar surface area (TPSA) is 58.1 Å². The number of nitrogens with zero attached hydrogens (tertiary/aromatic N) is 3. The van der Waals surface area contributed by atoms with Crippen LogP contribution in [0.1, 0.15) is 18.1 Å². The van der Waals surface area contributed by atoms with E-state index in [-0.39, 0.29) is 5.91 Å². The SMILES string of the molecule is C#Cc1ccc2c(c1)N(c1ncnc3ccc(NC(=O)/C=C/C)cc13)CC2. The third kappa shape index (κ3) is 3.13. The quantitative estimate of drug-likeness (QED) is 0.574. The molecule has 0 aliphatic carbocycles. The minimum Gasteiger partial charge on any atom is -0.325 e. The van der Waals surface area contributed by atoms with E-state index in [4.69, 9.17) is 6.42 Å². The zero-order valence-electron chi connectivity index (χ0n) is 14.9. The highest BCUT2D eigenvalue weighted by molar-refractivity contribution is 6.02. The van der Waals surface area contributed by atoms with Gasteiger partial charge in [-0.15, -0.1) is 6.42 Å². The third-order valence-electron chi connectivity index (χ3n) is 4.60. The maximum atomic E-state index is 11.9. The molecule has 1 amide bonds. The maximum absolute atomic E-state index is 11.9. The number of terminal acetylenes is 1. The molecule has 0 radical (unpaired) electrons. The first-order valence-electron chi connectivity index (χ1n) is 8.75. The second-order valence-corrected chi connectivity index (χ2v) is 6.31. The van der Waals surface area contributed by atoms with Gasteiger partial charge in [0, 0.05) is 28.9 Å². The molecule has 2 heterocycles. The fourth-order valence-electron chi connectivity index (χ4n) is 3.36. The van der Waals surface area contributed by atoms with Gasteiger partial charge in [-0.05, 0) is 55.3 Å². The fourth-order valence-corrected chi connectivity index (χ4v) is 3.36. The molecule has 0 saturated heterocycles. The molecular formula is C22H18N4O. The molecule has 132 valence electrons. The zero-order chi connectivity index (χ0) is 18.8. The summed E-state index contributed by atoms with van der Waals surface area (Å²) in [6, 6.07) is 11.7. The molecule has 0 unspecified atom stereocenters. The Bertz CT molecular complexity index is 1110. The number of benzene rings is 2. The van der Waals surface area contributed by atoms with Gasteiger partial charge in [0.1, 0.15) is 12.1 Å². The molecule has 5 heteroatoms. The average Bonchev–Trinajstić information content (AvgIpc) is 3.10. The van der Waals surface area contributed by atoms with Gasteiger partial charge < -0.3 is 10.2 Å². The maximum Gasteiger partial charge on any atom is 0.248 e. The Hall–Kier alpha value is -3.65. The van der Waals surface area contributed by atoms with Gasteiger partial charge in [0.25, 0.3) is 0 Å². The second-order valence-electron chi connectivity index (χ2n) is 6.31. The highest BCUT2D eigenvalue weighted by atomic mass is 16.1. The van der Waals surface area contributed by atoms with Crippen LogP contribution in [0, 0.1) is 12.3 Å². The van der Waals surface area contributed by atoms with E-state index in [0.717, 1.165) is 40.9 Å². The summed E-state index contributed by atoms with van der Waals surface area (Å²) in [7, 11) is 0. The van der Waals surface area contributed by atoms with Crippen molar-refractivity contribution in [2.24, 2.45) is 0 Å². The molecule has 27 heavy (non-hydrogen) atoms. The first-order valence-corrected chi connectivity index (χ1v) is 8.75. The standard InChI is InChI=1S/C22H18N4O/c1-3-5-21(27)25-17-8-9-19-18(13-17)22(24-14-23-19)26-11-10-16-7-6-15(4-2)12-20(16)26/h2-3,5-9,12-14H,10-11H2,1H3,(H,25,27)/b5-3+. The molecular weight excluding hydrogens is 336 g/mol. The Balaban J connectivity index is 1.79. The van der Waals surface area contributed by atoms with Gasteiger partial charge in [0.15, 0.2) is 0 Å². The summed E-state index contributed by atoms with van der Waals surface area (Å²) in [5.41, 5.74) is 4.70. The molecule has 1 N–H and O–H groups in total. The molecule has 1 aliphatic heterocycles. The summed E-state index contributed by atoms with van der Waals surface area (Å²) >= 11 is 0. The van der Waals surface area contributed by atoms with Crippen LogP contribution in [0.3, 0.4) is 0 Å². The molecule has 5 nitrogen and oxygen atoms in total. The number of rotatable bonds is 3. The molecule has 2 aromatic carbocycles. The number of anilines is 3. The number of hydrogen-bond acceptors (Lipinski definition) is 4. The largest absolute Gasteiger partial charge is 0.325 e. The molecule has 1 aromatic heterocycles. The van der Waals surface area contributed by atoms with Crippen LogP contribution in [0.15, 0.2) is 54.9 Å². The lowest BCUT2D eigenvalue weighted by Gasteiger charge is -2.20. The van der Waals surface area contributed by atoms with Crippen molar-refractivity contribution in [2.45, 2.75) is 13.3 Å². The van der Waals surface area contributed by atoms with Crippen LogP contribution in [0.2, 0.25) is 0 Å². The highest BCUT2D eigenvalue weighted by Crippen LogP contribution is 2.37. The summed E-state index contributed by atoms with van der Waals surface area (Å²) in [4.78, 5) is 22.9. The van der Waals surface area contributed by atoms with E-state index in [1.54, 1.807) is 19.3 Å². The van der Waals surface area contributed by atoms with Crippen molar-refractivity contribution in [3.05, 3.63) is 66.0 Å². The lowest BCUT2D eigenvalue weighted by Crippen LogP contribution is -2.15. The summed E-state index contributed by atoms with van der Waals surface area (Å²) in [5, 5.41) is 3.75. The van der Waals surface area contributed by atoms with Crippen LogP contribution in [-0.4, -0.2) is 22.4 Å². The third-order valence-corrected chi connectivity index (χ3v) is 4.60. The van der Waals surface area contributed by atoms with Crippen LogP contribution in [0.4, 0.5) is 17.2 Å². The number of aromatic nitrogens is 2. The van der Waals surface area contributed by atoms with Gasteiger partial charge >= 0.3 is 0 Å². The predicted molar refractivity (Wildman–Crippen MR) is 108 cm³/mol. The zero-order valence-corrected chi connectivity index (χ0v) is 14.9. The molecule has 0 spiro atoms. The van der Waals surface area contributed by atoms with Crippen molar-refractivity contribution in [3.8, 4) is 12.3 Å². The van der Waals surface area contributed by atoms with Crippen molar-refractivity contribution in [2.75, 3.05) is 16.8 Å². The van der Waals surface area contributed by atoms with E-state index < -0.39 is 0 Å². The number of amides is 1. The Morgan fingerprint density at radius 1 is 1.26 bits per heavy atom. The second kappa shape index (κ2) is 6.93. The van der Waals surface area contributed by atoms with Crippen molar-refractivity contribution in [1.29, 1.82) is 0 Å². The number of hydrogen-bond donors (Lipinski definition) is 1. The molecule has 0 fully saturated rings. The first-order chi connectivity index (χ1) is 13.2. The Kier molecular flexibility index (Phi) is 4.31. The minimum atomic E-state index is -0.166. The number of carbonyl (C=O) groups excluding carboxylic acids is 1. The first kappa shape index (κ1) is 16.8. The van der Waals surface area contributed by atoms with Crippen LogP contribution in [0.25, 0.3) is 10.9 Å². The number of nitrogens with one attached hydrogen (secondary N) is 1. The van der Waals surface area contributed by atoms with Crippen LogP contribution in [-0.2, 0) is 11.2 Å². The molecule has 3 aromatic rings. The van der Waals surface area contributed by atoms with Crippen LogP contribution < -0.4 is 10.2 Å². The molecule has 0 saturated carbocycles. The summed E-state index contributed by atoms with van der Waals surface area (Å²) in [6.45, 7) is 2.63. The Morgan fingerprint density at radius 2 is 2.15 bits per heavy atom. The van der Waals surface area contributed by atoms with E-state index in [1.165, 1.54) is 11.6 Å². The van der Waals surface area contributed by atoms with Crippen molar-refractivity contribution in [1.82, 2.24) is 9.97 Å². The normalized spacial score (nSPS) is 13.0. The van der Waals surface area contributed by atoms with Gasteiger partial charge in [-0.1, -0.05) is 18.1 Å². The lowest BCUT2D eigenvalue weighted by atomic mass is 10.1. The smallest absolute Gasteiger partial charge is 0.248 e.